The molecule has 14 heteroatoms. The largest absolute Gasteiger partial charge is 0.481 e. The number of aromatic nitrogens is 3. The number of benzene rings is 2. The fourth-order valence-corrected chi connectivity index (χ4v) is 3.55. The number of hydrogen-bond donors (Lipinski definition) is 3. The van der Waals surface area contributed by atoms with E-state index in [-0.39, 0.29) is 17.7 Å². The van der Waals surface area contributed by atoms with Gasteiger partial charge in [-0.3, -0.25) is 14.6 Å². The zero-order valence-corrected chi connectivity index (χ0v) is 22.7. The van der Waals surface area contributed by atoms with Crippen LogP contribution in [0.25, 0.3) is 11.3 Å². The van der Waals surface area contributed by atoms with Crippen molar-refractivity contribution in [2.45, 2.75) is 39.0 Å². The van der Waals surface area contributed by atoms with Crippen LogP contribution in [0.4, 0.5) is 43.7 Å². The van der Waals surface area contributed by atoms with Crippen LogP contribution in [0, 0.1) is 6.92 Å². The van der Waals surface area contributed by atoms with Gasteiger partial charge in [-0.05, 0) is 67.4 Å². The average molecular weight is 606 g/mol. The molecular formula is C29H25F6N5O3. The molecule has 3 N–H and O–H groups in total. The van der Waals surface area contributed by atoms with E-state index < -0.39 is 40.9 Å². The van der Waals surface area contributed by atoms with Crippen LogP contribution < -0.4 is 10.6 Å². The van der Waals surface area contributed by atoms with Gasteiger partial charge in [0.05, 0.1) is 16.8 Å². The summed E-state index contributed by atoms with van der Waals surface area (Å²) in [6, 6.07) is 10.5. The molecule has 0 aliphatic rings. The summed E-state index contributed by atoms with van der Waals surface area (Å²) in [5, 5.41) is 13.3. The number of carbonyl (C=O) groups excluding carboxylic acids is 1. The van der Waals surface area contributed by atoms with Crippen LogP contribution in [0.1, 0.15) is 46.8 Å². The lowest BCUT2D eigenvalue weighted by molar-refractivity contribution is -0.143. The zero-order valence-electron chi connectivity index (χ0n) is 22.7. The summed E-state index contributed by atoms with van der Waals surface area (Å²) in [5.74, 6) is -1.63. The summed E-state index contributed by atoms with van der Waals surface area (Å²) >= 11 is 0. The van der Waals surface area contributed by atoms with Crippen molar-refractivity contribution in [3.63, 3.8) is 0 Å². The van der Waals surface area contributed by atoms with Crippen LogP contribution in [0.3, 0.4) is 0 Å². The van der Waals surface area contributed by atoms with Gasteiger partial charge in [-0.2, -0.15) is 26.3 Å². The SMILES string of the molecule is CCCC(=O)O.Cc1ccc(NC(=O)c2cc(C(F)(F)F)cc(C(F)(F)F)c2)cc1Nc1nccc(-c2cccnc2)n1. The lowest BCUT2D eigenvalue weighted by Crippen LogP contribution is -2.17. The molecule has 0 atom stereocenters. The second kappa shape index (κ2) is 13.8. The van der Waals surface area contributed by atoms with E-state index in [2.05, 4.69) is 25.6 Å². The quantitative estimate of drug-likeness (QED) is 0.184. The Bertz CT molecular complexity index is 1550. The first kappa shape index (κ1) is 32.5. The summed E-state index contributed by atoms with van der Waals surface area (Å²) in [7, 11) is 0. The fraction of sp³-hybridized carbons (Fsp3) is 0.207. The maximum atomic E-state index is 13.1. The molecule has 0 fully saturated rings. The van der Waals surface area contributed by atoms with Crippen molar-refractivity contribution in [1.29, 1.82) is 0 Å². The van der Waals surface area contributed by atoms with E-state index in [4.69, 9.17) is 5.11 Å². The molecule has 0 saturated carbocycles. The number of nitrogens with zero attached hydrogens (tertiary/aromatic N) is 3. The Hall–Kier alpha value is -5.01. The van der Waals surface area contributed by atoms with Gasteiger partial charge in [0.2, 0.25) is 5.95 Å². The van der Waals surface area contributed by atoms with Crippen LogP contribution in [-0.2, 0) is 17.1 Å². The third-order valence-electron chi connectivity index (χ3n) is 5.67. The van der Waals surface area contributed by atoms with E-state index in [1.165, 1.54) is 18.3 Å². The van der Waals surface area contributed by atoms with Gasteiger partial charge < -0.3 is 15.7 Å². The number of nitrogens with one attached hydrogen (secondary N) is 2. The van der Waals surface area contributed by atoms with Crippen LogP contribution >= 0.6 is 0 Å². The van der Waals surface area contributed by atoms with E-state index in [9.17, 15) is 35.9 Å². The number of anilines is 3. The summed E-state index contributed by atoms with van der Waals surface area (Å²) in [6.45, 7) is 3.59. The number of carbonyl (C=O) groups is 2. The minimum absolute atomic E-state index is 0.0374. The highest BCUT2D eigenvalue weighted by Gasteiger charge is 2.37. The van der Waals surface area contributed by atoms with Crippen molar-refractivity contribution in [2.75, 3.05) is 10.6 Å². The van der Waals surface area contributed by atoms with Crippen molar-refractivity contribution in [3.05, 3.63) is 95.4 Å². The standard InChI is InChI=1S/C25H17F6N5O.C4H8O2/c1-14-4-5-19(12-21(14)36-23-33-8-6-20(35-23)15-3-2-7-32-13-15)34-22(37)16-9-17(24(26,27)28)11-18(10-16)25(29,30)31;1-2-3-4(5)6/h2-13H,1H3,(H,34,37)(H,33,35,36);2-3H2,1H3,(H,5,6). The van der Waals surface area contributed by atoms with Crippen LogP contribution in [0.2, 0.25) is 0 Å². The molecule has 2 aromatic heterocycles. The second-order valence-electron chi connectivity index (χ2n) is 9.05. The lowest BCUT2D eigenvalue weighted by atomic mass is 10.0. The molecule has 0 spiro atoms. The number of carboxylic acid groups (broad SMARTS) is 1. The molecule has 8 nitrogen and oxygen atoms in total. The number of rotatable bonds is 7. The molecule has 2 heterocycles. The van der Waals surface area contributed by atoms with Crippen molar-refractivity contribution < 1.29 is 41.0 Å². The van der Waals surface area contributed by atoms with E-state index >= 15 is 0 Å². The molecule has 0 radical (unpaired) electrons. The van der Waals surface area contributed by atoms with Gasteiger partial charge in [-0.1, -0.05) is 13.0 Å². The Kier molecular flexibility index (Phi) is 10.4. The van der Waals surface area contributed by atoms with E-state index in [1.807, 2.05) is 13.0 Å². The third kappa shape index (κ3) is 9.51. The Morgan fingerprint density at radius 3 is 2.12 bits per heavy atom. The monoisotopic (exact) mass is 605 g/mol. The second-order valence-corrected chi connectivity index (χ2v) is 9.05. The predicted molar refractivity (Wildman–Crippen MR) is 147 cm³/mol. The highest BCUT2D eigenvalue weighted by molar-refractivity contribution is 6.04. The number of halogens is 6. The Morgan fingerprint density at radius 2 is 1.58 bits per heavy atom. The Labute approximate surface area is 241 Å². The molecule has 2 aromatic carbocycles. The van der Waals surface area contributed by atoms with Gasteiger partial charge >= 0.3 is 18.3 Å². The van der Waals surface area contributed by atoms with Gasteiger partial charge in [0.15, 0.2) is 0 Å². The number of amides is 1. The molecule has 1 amide bonds. The number of alkyl halides is 6. The number of hydrogen-bond acceptors (Lipinski definition) is 6. The molecule has 4 aromatic rings. The van der Waals surface area contributed by atoms with Gasteiger partial charge in [-0.15, -0.1) is 0 Å². The Balaban J connectivity index is 0.000000765. The molecule has 4 rings (SSSR count). The smallest absolute Gasteiger partial charge is 0.416 e. The zero-order chi connectivity index (χ0) is 31.8. The van der Waals surface area contributed by atoms with Gasteiger partial charge in [0, 0.05) is 47.5 Å². The van der Waals surface area contributed by atoms with E-state index in [1.54, 1.807) is 37.5 Å². The first-order chi connectivity index (χ1) is 20.2. The molecule has 0 saturated heterocycles. The van der Waals surface area contributed by atoms with Crippen molar-refractivity contribution >= 4 is 29.2 Å². The molecule has 226 valence electrons. The van der Waals surface area contributed by atoms with Crippen LogP contribution in [0.15, 0.2) is 73.2 Å². The van der Waals surface area contributed by atoms with Gasteiger partial charge in [-0.25, -0.2) is 9.97 Å². The Morgan fingerprint density at radius 1 is 0.907 bits per heavy atom. The summed E-state index contributed by atoms with van der Waals surface area (Å²) in [5.41, 5.74) is -1.29. The average Bonchev–Trinajstić information content (AvgIpc) is 2.94. The highest BCUT2D eigenvalue weighted by Crippen LogP contribution is 2.36. The summed E-state index contributed by atoms with van der Waals surface area (Å²) in [6.07, 6.45) is -4.33. The fourth-order valence-electron chi connectivity index (χ4n) is 3.55. The predicted octanol–water partition coefficient (Wildman–Crippen LogP) is 7.75. The maximum absolute atomic E-state index is 13.1. The first-order valence-electron chi connectivity index (χ1n) is 12.6. The molecule has 0 unspecified atom stereocenters. The normalized spacial score (nSPS) is 11.3. The number of aryl methyl sites for hydroxylation is 1. The number of aliphatic carboxylic acids is 1. The molecule has 0 aliphatic heterocycles. The molecule has 43 heavy (non-hydrogen) atoms. The third-order valence-corrected chi connectivity index (χ3v) is 5.67. The number of carboxylic acids is 1. The lowest BCUT2D eigenvalue weighted by Gasteiger charge is -2.15. The minimum Gasteiger partial charge on any atom is -0.481 e. The highest BCUT2D eigenvalue weighted by atomic mass is 19.4. The summed E-state index contributed by atoms with van der Waals surface area (Å²) < 4.78 is 78.9. The minimum atomic E-state index is -5.07. The van der Waals surface area contributed by atoms with Crippen LogP contribution in [0.5, 0.6) is 0 Å². The van der Waals surface area contributed by atoms with Gasteiger partial charge in [0.1, 0.15) is 0 Å². The molecular weight excluding hydrogens is 580 g/mol. The number of pyridine rings is 1. The van der Waals surface area contributed by atoms with Gasteiger partial charge in [0.25, 0.3) is 5.91 Å². The maximum Gasteiger partial charge on any atom is 0.416 e. The molecule has 0 bridgehead atoms. The molecule has 0 aliphatic carbocycles. The first-order valence-corrected chi connectivity index (χ1v) is 12.6. The van der Waals surface area contributed by atoms with E-state index in [0.29, 0.717) is 35.5 Å². The van der Waals surface area contributed by atoms with Crippen LogP contribution in [-0.4, -0.2) is 31.9 Å². The topological polar surface area (TPSA) is 117 Å². The summed E-state index contributed by atoms with van der Waals surface area (Å²) in [4.78, 5) is 34.9. The van der Waals surface area contributed by atoms with E-state index in [0.717, 1.165) is 12.0 Å². The van der Waals surface area contributed by atoms with Crippen molar-refractivity contribution in [1.82, 2.24) is 15.0 Å². The van der Waals surface area contributed by atoms with Crippen molar-refractivity contribution in [2.24, 2.45) is 0 Å². The van der Waals surface area contributed by atoms with Crippen molar-refractivity contribution in [3.8, 4) is 11.3 Å².